The maximum Gasteiger partial charge on any atom is 0.245 e. The van der Waals surface area contributed by atoms with Crippen LogP contribution in [-0.2, 0) is 4.79 Å². The number of carbonyl (C=O) groups is 1. The molecule has 4 heteroatoms. The number of primary amides is 1. The number of rotatable bonds is 1. The van der Waals surface area contributed by atoms with Crippen LogP contribution in [0.5, 0.6) is 0 Å². The van der Waals surface area contributed by atoms with Gasteiger partial charge in [-0.25, -0.2) is 0 Å². The van der Waals surface area contributed by atoms with E-state index in [0.29, 0.717) is 5.92 Å². The first-order valence-corrected chi connectivity index (χ1v) is 6.14. The van der Waals surface area contributed by atoms with Crippen molar-refractivity contribution in [2.75, 3.05) is 13.2 Å². The van der Waals surface area contributed by atoms with Crippen molar-refractivity contribution in [3.05, 3.63) is 35.1 Å². The smallest absolute Gasteiger partial charge is 0.245 e. The maximum atomic E-state index is 11.4. The molecule has 3 rings (SSSR count). The van der Waals surface area contributed by atoms with Gasteiger partial charge in [0.25, 0.3) is 0 Å². The number of allylic oxidation sites excluding steroid dienone is 4. The third-order valence-corrected chi connectivity index (χ3v) is 3.90. The fraction of sp³-hybridized carbons (Fsp3) is 0.462. The molecule has 2 aliphatic carbocycles. The summed E-state index contributed by atoms with van der Waals surface area (Å²) in [6.07, 6.45) is 8.05. The van der Waals surface area contributed by atoms with E-state index in [2.05, 4.69) is 16.7 Å². The van der Waals surface area contributed by atoms with Gasteiger partial charge in [-0.15, -0.1) is 0 Å². The summed E-state index contributed by atoms with van der Waals surface area (Å²) in [5.74, 6) is 0.478. The fourth-order valence-electron chi connectivity index (χ4n) is 3.10. The van der Waals surface area contributed by atoms with Gasteiger partial charge >= 0.3 is 0 Å². The number of carbonyl (C=O) groups excluding carboxylic acids is 1. The van der Waals surface area contributed by atoms with Gasteiger partial charge in [0.05, 0.1) is 6.67 Å². The van der Waals surface area contributed by atoms with E-state index in [1.165, 1.54) is 11.3 Å². The van der Waals surface area contributed by atoms with E-state index in [0.717, 1.165) is 31.6 Å². The van der Waals surface area contributed by atoms with Crippen LogP contribution >= 0.6 is 0 Å². The Balaban J connectivity index is 2.01. The predicted molar refractivity (Wildman–Crippen MR) is 65.7 cm³/mol. The van der Waals surface area contributed by atoms with E-state index in [1.807, 2.05) is 12.2 Å². The van der Waals surface area contributed by atoms with Crippen molar-refractivity contribution in [3.8, 4) is 0 Å². The van der Waals surface area contributed by atoms with Gasteiger partial charge in [0.15, 0.2) is 0 Å². The molecule has 4 N–H and O–H groups in total. The first kappa shape index (κ1) is 10.6. The minimum absolute atomic E-state index is 0.203. The van der Waals surface area contributed by atoms with Crippen molar-refractivity contribution in [1.29, 1.82) is 0 Å². The molecule has 2 unspecified atom stereocenters. The minimum atomic E-state index is -0.287. The molecule has 17 heavy (non-hydrogen) atoms. The third kappa shape index (κ3) is 1.69. The van der Waals surface area contributed by atoms with E-state index in [-0.39, 0.29) is 11.8 Å². The van der Waals surface area contributed by atoms with Crippen LogP contribution in [0.4, 0.5) is 0 Å². The standard InChI is InChI=1S/C13H17N3O/c14-13(17)11-3-1-2-10-9(11)5-4-8-6-15-7-16-12(8)10/h1-3,8-9,15-16H,4-7H2,(H2,14,17). The third-order valence-electron chi connectivity index (χ3n) is 3.90. The van der Waals surface area contributed by atoms with Gasteiger partial charge < -0.3 is 11.1 Å². The molecular weight excluding hydrogens is 214 g/mol. The number of fused-ring (bicyclic) bond motifs is 2. The van der Waals surface area contributed by atoms with Gasteiger partial charge in [0.2, 0.25) is 5.91 Å². The highest BCUT2D eigenvalue weighted by Crippen LogP contribution is 2.39. The van der Waals surface area contributed by atoms with E-state index in [1.54, 1.807) is 0 Å². The Morgan fingerprint density at radius 3 is 3.12 bits per heavy atom. The largest absolute Gasteiger partial charge is 0.375 e. The van der Waals surface area contributed by atoms with Crippen LogP contribution in [0.25, 0.3) is 0 Å². The molecule has 3 aliphatic rings. The summed E-state index contributed by atoms with van der Waals surface area (Å²) in [6.45, 7) is 1.84. The normalized spacial score (nSPS) is 31.2. The summed E-state index contributed by atoms with van der Waals surface area (Å²) in [4.78, 5) is 11.4. The highest BCUT2D eigenvalue weighted by atomic mass is 16.1. The Morgan fingerprint density at radius 2 is 2.29 bits per heavy atom. The zero-order chi connectivity index (χ0) is 11.8. The van der Waals surface area contributed by atoms with Crippen molar-refractivity contribution in [3.63, 3.8) is 0 Å². The molecule has 1 heterocycles. The van der Waals surface area contributed by atoms with E-state index < -0.39 is 0 Å². The molecular formula is C13H17N3O. The van der Waals surface area contributed by atoms with Gasteiger partial charge in [0, 0.05) is 29.7 Å². The second kappa shape index (κ2) is 4.04. The molecule has 0 bridgehead atoms. The van der Waals surface area contributed by atoms with Crippen LogP contribution < -0.4 is 16.4 Å². The van der Waals surface area contributed by atoms with Gasteiger partial charge in [-0.2, -0.15) is 0 Å². The molecule has 1 fully saturated rings. The topological polar surface area (TPSA) is 67.2 Å². The van der Waals surface area contributed by atoms with E-state index in [4.69, 9.17) is 5.73 Å². The van der Waals surface area contributed by atoms with Crippen LogP contribution in [0.3, 0.4) is 0 Å². The van der Waals surface area contributed by atoms with Crippen molar-refractivity contribution in [1.82, 2.24) is 10.6 Å². The average Bonchev–Trinajstić information content (AvgIpc) is 2.37. The zero-order valence-corrected chi connectivity index (χ0v) is 9.70. The van der Waals surface area contributed by atoms with E-state index >= 15 is 0 Å². The van der Waals surface area contributed by atoms with Crippen LogP contribution in [0.2, 0.25) is 0 Å². The Hall–Kier alpha value is -1.55. The second-order valence-corrected chi connectivity index (χ2v) is 4.85. The molecule has 2 atom stereocenters. The van der Waals surface area contributed by atoms with Crippen molar-refractivity contribution in [2.45, 2.75) is 12.8 Å². The van der Waals surface area contributed by atoms with Crippen molar-refractivity contribution in [2.24, 2.45) is 17.6 Å². The van der Waals surface area contributed by atoms with Crippen LogP contribution in [0.15, 0.2) is 35.1 Å². The van der Waals surface area contributed by atoms with Crippen LogP contribution in [0.1, 0.15) is 12.8 Å². The molecule has 1 saturated heterocycles. The highest BCUT2D eigenvalue weighted by Gasteiger charge is 2.34. The molecule has 0 aromatic heterocycles. The predicted octanol–water partition coefficient (Wildman–Crippen LogP) is 0.398. The number of nitrogens with one attached hydrogen (secondary N) is 2. The molecule has 0 spiro atoms. The van der Waals surface area contributed by atoms with Crippen LogP contribution in [0, 0.1) is 11.8 Å². The Labute approximate surface area is 101 Å². The molecule has 4 nitrogen and oxygen atoms in total. The molecule has 0 radical (unpaired) electrons. The SMILES string of the molecule is NC(=O)C1=CC=CC2=C3NCNCC3CCC12. The van der Waals surface area contributed by atoms with Gasteiger partial charge in [-0.3, -0.25) is 10.1 Å². The molecule has 1 amide bonds. The van der Waals surface area contributed by atoms with Crippen LogP contribution in [-0.4, -0.2) is 19.1 Å². The summed E-state index contributed by atoms with van der Waals surface area (Å²) in [7, 11) is 0. The molecule has 90 valence electrons. The first-order chi connectivity index (χ1) is 8.27. The lowest BCUT2D eigenvalue weighted by atomic mass is 9.73. The second-order valence-electron chi connectivity index (χ2n) is 4.85. The average molecular weight is 231 g/mol. The van der Waals surface area contributed by atoms with Gasteiger partial charge in [0.1, 0.15) is 0 Å². The summed E-state index contributed by atoms with van der Waals surface area (Å²) in [5.41, 5.74) is 8.78. The van der Waals surface area contributed by atoms with E-state index in [9.17, 15) is 4.79 Å². The Kier molecular flexibility index (Phi) is 2.52. The molecule has 0 aromatic carbocycles. The van der Waals surface area contributed by atoms with Gasteiger partial charge in [-0.05, 0) is 18.4 Å². The number of nitrogens with two attached hydrogens (primary N) is 1. The molecule has 0 saturated carbocycles. The lowest BCUT2D eigenvalue weighted by Gasteiger charge is -2.38. The maximum absolute atomic E-state index is 11.4. The summed E-state index contributed by atoms with van der Waals surface area (Å²) >= 11 is 0. The zero-order valence-electron chi connectivity index (χ0n) is 9.70. The lowest BCUT2D eigenvalue weighted by molar-refractivity contribution is -0.115. The minimum Gasteiger partial charge on any atom is -0.375 e. The number of hydrogen-bond donors (Lipinski definition) is 3. The number of hydrogen-bond acceptors (Lipinski definition) is 3. The quantitative estimate of drug-likeness (QED) is 0.612. The monoisotopic (exact) mass is 231 g/mol. The van der Waals surface area contributed by atoms with Crippen molar-refractivity contribution >= 4 is 5.91 Å². The lowest BCUT2D eigenvalue weighted by Crippen LogP contribution is -2.45. The Bertz CT molecular complexity index is 448. The fourth-order valence-corrected chi connectivity index (χ4v) is 3.10. The Morgan fingerprint density at radius 1 is 1.41 bits per heavy atom. The van der Waals surface area contributed by atoms with Gasteiger partial charge in [-0.1, -0.05) is 18.2 Å². The summed E-state index contributed by atoms with van der Waals surface area (Å²) in [6, 6.07) is 0. The highest BCUT2D eigenvalue weighted by molar-refractivity contribution is 5.94. The summed E-state index contributed by atoms with van der Waals surface area (Å²) < 4.78 is 0. The molecule has 0 aromatic rings. The first-order valence-electron chi connectivity index (χ1n) is 6.14. The summed E-state index contributed by atoms with van der Waals surface area (Å²) in [5, 5.41) is 6.76. The van der Waals surface area contributed by atoms with Crippen molar-refractivity contribution < 1.29 is 4.79 Å². The molecule has 1 aliphatic heterocycles. The number of amides is 1.